The summed E-state index contributed by atoms with van der Waals surface area (Å²) >= 11 is 0. The van der Waals surface area contributed by atoms with Gasteiger partial charge in [-0.25, -0.2) is 0 Å². The van der Waals surface area contributed by atoms with Gasteiger partial charge < -0.3 is 14.2 Å². The maximum Gasteiger partial charge on any atom is 0.306 e. The molecule has 0 bridgehead atoms. The molecule has 0 saturated carbocycles. The van der Waals surface area contributed by atoms with Gasteiger partial charge in [-0.1, -0.05) is 196 Å². The van der Waals surface area contributed by atoms with Gasteiger partial charge in [0.05, 0.1) is 0 Å². The van der Waals surface area contributed by atoms with Crippen LogP contribution in [-0.4, -0.2) is 37.2 Å². The molecule has 0 spiro atoms. The molecule has 0 radical (unpaired) electrons. The molecule has 60 heavy (non-hydrogen) atoms. The Labute approximate surface area is 369 Å². The molecule has 0 N–H and O–H groups in total. The summed E-state index contributed by atoms with van der Waals surface area (Å²) in [5, 5.41) is 0. The summed E-state index contributed by atoms with van der Waals surface area (Å²) in [5.41, 5.74) is 0. The molecule has 0 aliphatic heterocycles. The number of ether oxygens (including phenoxy) is 3. The fourth-order valence-electron chi connectivity index (χ4n) is 6.49. The van der Waals surface area contributed by atoms with Crippen molar-refractivity contribution in [2.24, 2.45) is 0 Å². The molecular weight excluding hydrogens is 745 g/mol. The molecule has 0 aromatic heterocycles. The fourth-order valence-corrected chi connectivity index (χ4v) is 6.49. The zero-order valence-electron chi connectivity index (χ0n) is 38.9. The monoisotopic (exact) mass is 835 g/mol. The molecule has 1 unspecified atom stereocenters. The summed E-state index contributed by atoms with van der Waals surface area (Å²) in [7, 11) is 0. The van der Waals surface area contributed by atoms with E-state index >= 15 is 0 Å². The minimum Gasteiger partial charge on any atom is -0.462 e. The Bertz CT molecular complexity index is 1190. The Morgan fingerprint density at radius 2 is 0.733 bits per heavy atom. The molecule has 0 aliphatic rings. The summed E-state index contributed by atoms with van der Waals surface area (Å²) in [6.07, 6.45) is 61.4. The predicted octanol–water partition coefficient (Wildman–Crippen LogP) is 16.0. The third kappa shape index (κ3) is 45.7. The molecule has 1 atom stereocenters. The second kappa shape index (κ2) is 48.3. The Morgan fingerprint density at radius 1 is 0.367 bits per heavy atom. The summed E-state index contributed by atoms with van der Waals surface area (Å²) in [4.78, 5) is 37.8. The summed E-state index contributed by atoms with van der Waals surface area (Å²) in [6.45, 7) is 6.31. The van der Waals surface area contributed by atoms with E-state index in [4.69, 9.17) is 14.2 Å². The first kappa shape index (κ1) is 56.6. The van der Waals surface area contributed by atoms with Gasteiger partial charge in [0.25, 0.3) is 0 Å². The minimum atomic E-state index is -0.792. The van der Waals surface area contributed by atoms with E-state index in [9.17, 15) is 14.4 Å². The molecule has 0 saturated heterocycles. The van der Waals surface area contributed by atoms with Gasteiger partial charge in [-0.2, -0.15) is 0 Å². The van der Waals surface area contributed by atoms with Crippen molar-refractivity contribution >= 4 is 17.9 Å². The van der Waals surface area contributed by atoms with Crippen LogP contribution < -0.4 is 0 Å². The van der Waals surface area contributed by atoms with Crippen LogP contribution in [0.3, 0.4) is 0 Å². The number of carbonyl (C=O) groups is 3. The van der Waals surface area contributed by atoms with Gasteiger partial charge in [-0.3, -0.25) is 14.4 Å². The predicted molar refractivity (Wildman–Crippen MR) is 256 cm³/mol. The lowest BCUT2D eigenvalue weighted by molar-refractivity contribution is -0.167. The molecule has 0 fully saturated rings. The quantitative estimate of drug-likeness (QED) is 0.0200. The van der Waals surface area contributed by atoms with Crippen LogP contribution in [0.15, 0.2) is 85.1 Å². The maximum absolute atomic E-state index is 12.7. The lowest BCUT2D eigenvalue weighted by atomic mass is 10.1. The van der Waals surface area contributed by atoms with Crippen LogP contribution in [0, 0.1) is 0 Å². The van der Waals surface area contributed by atoms with E-state index < -0.39 is 6.10 Å². The van der Waals surface area contributed by atoms with E-state index in [1.165, 1.54) is 57.8 Å². The Kier molecular flexibility index (Phi) is 45.5. The van der Waals surface area contributed by atoms with Crippen molar-refractivity contribution in [3.63, 3.8) is 0 Å². The van der Waals surface area contributed by atoms with Crippen LogP contribution in [0.5, 0.6) is 0 Å². The van der Waals surface area contributed by atoms with Crippen molar-refractivity contribution in [1.82, 2.24) is 0 Å². The van der Waals surface area contributed by atoms with Crippen molar-refractivity contribution in [1.29, 1.82) is 0 Å². The van der Waals surface area contributed by atoms with E-state index in [-0.39, 0.29) is 31.1 Å². The SMILES string of the molecule is CC\C=C/C=C\C=C/CCCCCCCC(=O)OC(COC(=O)CCCCCC/C=C\CCCC)COC(=O)CCCCCCCCCCC/C=C\C/C=C\C/C=C\CC. The Balaban J connectivity index is 4.36. The molecule has 0 amide bonds. The third-order valence-corrected chi connectivity index (χ3v) is 10.2. The highest BCUT2D eigenvalue weighted by molar-refractivity contribution is 5.71. The second-order valence-corrected chi connectivity index (χ2v) is 16.0. The molecule has 0 aliphatic carbocycles. The van der Waals surface area contributed by atoms with Crippen LogP contribution in [-0.2, 0) is 28.6 Å². The fraction of sp³-hybridized carbons (Fsp3) is 0.685. The van der Waals surface area contributed by atoms with E-state index in [0.717, 1.165) is 122 Å². The number of esters is 3. The van der Waals surface area contributed by atoms with Crippen LogP contribution in [0.25, 0.3) is 0 Å². The first-order chi connectivity index (χ1) is 29.5. The standard InChI is InChI=1S/C54H90O6/c1-4-7-10-13-16-19-22-24-25-26-27-28-29-31-32-35-38-41-44-47-53(56)59-50-51(49-58-52(55)46-43-40-37-34-21-18-15-12-9-6-3)60-54(57)48-45-42-39-36-33-30-23-20-17-14-11-8-5-2/h7-8,10-11,14-20,23-25,51H,4-6,9,12-13,21-22,26-50H2,1-3H3/b10-7-,11-8-,17-14-,18-15-,19-16-,23-20-,25-24-. The van der Waals surface area contributed by atoms with Gasteiger partial charge in [-0.15, -0.1) is 0 Å². The number of carbonyl (C=O) groups excluding carboxylic acids is 3. The number of hydrogen-bond donors (Lipinski definition) is 0. The van der Waals surface area contributed by atoms with Crippen molar-refractivity contribution in [3.05, 3.63) is 85.1 Å². The van der Waals surface area contributed by atoms with E-state index in [1.807, 2.05) is 0 Å². The van der Waals surface area contributed by atoms with Crippen LogP contribution >= 0.6 is 0 Å². The zero-order valence-corrected chi connectivity index (χ0v) is 38.9. The normalized spacial score (nSPS) is 12.8. The molecule has 0 aromatic rings. The molecule has 0 heterocycles. The van der Waals surface area contributed by atoms with Crippen LogP contribution in [0.4, 0.5) is 0 Å². The molecule has 0 aromatic carbocycles. The lowest BCUT2D eigenvalue weighted by Gasteiger charge is -2.18. The van der Waals surface area contributed by atoms with Crippen molar-refractivity contribution < 1.29 is 28.6 Å². The molecule has 342 valence electrons. The minimum absolute atomic E-state index is 0.0923. The van der Waals surface area contributed by atoms with Gasteiger partial charge >= 0.3 is 17.9 Å². The van der Waals surface area contributed by atoms with Crippen LogP contribution in [0.1, 0.15) is 220 Å². The second-order valence-electron chi connectivity index (χ2n) is 16.0. The number of rotatable bonds is 43. The summed E-state index contributed by atoms with van der Waals surface area (Å²) < 4.78 is 16.7. The van der Waals surface area contributed by atoms with Crippen molar-refractivity contribution in [2.75, 3.05) is 13.2 Å². The van der Waals surface area contributed by atoms with Gasteiger partial charge in [-0.05, 0) is 89.9 Å². The molecule has 0 rings (SSSR count). The smallest absolute Gasteiger partial charge is 0.306 e. The lowest BCUT2D eigenvalue weighted by Crippen LogP contribution is -2.30. The van der Waals surface area contributed by atoms with Gasteiger partial charge in [0, 0.05) is 19.3 Å². The van der Waals surface area contributed by atoms with Crippen LogP contribution in [0.2, 0.25) is 0 Å². The third-order valence-electron chi connectivity index (χ3n) is 10.2. The average Bonchev–Trinajstić information content (AvgIpc) is 3.24. The number of allylic oxidation sites excluding steroid dienone is 14. The highest BCUT2D eigenvalue weighted by atomic mass is 16.6. The Hall–Kier alpha value is -3.41. The van der Waals surface area contributed by atoms with Gasteiger partial charge in [0.1, 0.15) is 13.2 Å². The molecule has 6 heteroatoms. The largest absolute Gasteiger partial charge is 0.462 e. The highest BCUT2D eigenvalue weighted by Gasteiger charge is 2.19. The number of hydrogen-bond acceptors (Lipinski definition) is 6. The molecular formula is C54H90O6. The summed E-state index contributed by atoms with van der Waals surface area (Å²) in [6, 6.07) is 0. The first-order valence-corrected chi connectivity index (χ1v) is 24.6. The van der Waals surface area contributed by atoms with Crippen molar-refractivity contribution in [3.8, 4) is 0 Å². The summed E-state index contributed by atoms with van der Waals surface area (Å²) in [5.74, 6) is -0.936. The van der Waals surface area contributed by atoms with Crippen molar-refractivity contribution in [2.45, 2.75) is 226 Å². The average molecular weight is 835 g/mol. The number of unbranched alkanes of at least 4 members (excludes halogenated alkanes) is 20. The first-order valence-electron chi connectivity index (χ1n) is 24.6. The Morgan fingerprint density at radius 3 is 1.22 bits per heavy atom. The topological polar surface area (TPSA) is 78.9 Å². The van der Waals surface area contributed by atoms with E-state index in [2.05, 4.69) is 106 Å². The zero-order chi connectivity index (χ0) is 43.7. The van der Waals surface area contributed by atoms with E-state index in [1.54, 1.807) is 0 Å². The molecule has 6 nitrogen and oxygen atoms in total. The van der Waals surface area contributed by atoms with Gasteiger partial charge in [0.2, 0.25) is 0 Å². The van der Waals surface area contributed by atoms with Gasteiger partial charge in [0.15, 0.2) is 6.10 Å². The maximum atomic E-state index is 12.7. The van der Waals surface area contributed by atoms with E-state index in [0.29, 0.717) is 19.3 Å². The highest BCUT2D eigenvalue weighted by Crippen LogP contribution is 2.14.